The summed E-state index contributed by atoms with van der Waals surface area (Å²) in [4.78, 5) is 1.61. The fourth-order valence-electron chi connectivity index (χ4n) is 2.38. The number of thiocarbonyl (C=S) groups is 1. The number of morpholine rings is 1. The van der Waals surface area contributed by atoms with Gasteiger partial charge in [0.25, 0.3) is 0 Å². The molecule has 1 saturated heterocycles. The highest BCUT2D eigenvalue weighted by Crippen LogP contribution is 2.10. The van der Waals surface area contributed by atoms with Crippen molar-refractivity contribution in [1.29, 1.82) is 0 Å². The van der Waals surface area contributed by atoms with Crippen LogP contribution in [0.1, 0.15) is 18.9 Å². The second-order valence-corrected chi connectivity index (χ2v) is 6.86. The summed E-state index contributed by atoms with van der Waals surface area (Å²) in [7, 11) is 0. The van der Waals surface area contributed by atoms with Crippen LogP contribution in [0.15, 0.2) is 33.8 Å². The van der Waals surface area contributed by atoms with E-state index >= 15 is 0 Å². The molecule has 7 heteroatoms. The molecule has 1 fully saturated rings. The van der Waals surface area contributed by atoms with E-state index in [0.717, 1.165) is 61.6 Å². The van der Waals surface area contributed by atoms with Gasteiger partial charge in [0.2, 0.25) is 0 Å². The lowest BCUT2D eigenvalue weighted by Gasteiger charge is -2.23. The van der Waals surface area contributed by atoms with Gasteiger partial charge in [-0.25, -0.2) is 0 Å². The van der Waals surface area contributed by atoms with Crippen molar-refractivity contribution in [3.05, 3.63) is 34.3 Å². The molecule has 3 N–H and O–H groups in total. The zero-order chi connectivity index (χ0) is 16.5. The number of hydrazone groups is 1. The predicted molar refractivity (Wildman–Crippen MR) is 101 cm³/mol. The molecule has 1 aliphatic heterocycles. The van der Waals surface area contributed by atoms with Crippen LogP contribution in [0, 0.1) is 0 Å². The third-order valence-electron chi connectivity index (χ3n) is 3.78. The lowest BCUT2D eigenvalue weighted by molar-refractivity contribution is -0.908. The molecule has 126 valence electrons. The van der Waals surface area contributed by atoms with Crippen molar-refractivity contribution < 1.29 is 9.64 Å². The Hall–Kier alpha value is -1.02. The van der Waals surface area contributed by atoms with E-state index in [1.54, 1.807) is 4.90 Å². The Morgan fingerprint density at radius 2 is 2.00 bits per heavy atom. The summed E-state index contributed by atoms with van der Waals surface area (Å²) >= 11 is 8.68. The third kappa shape index (κ3) is 6.95. The van der Waals surface area contributed by atoms with Crippen LogP contribution in [0.5, 0.6) is 0 Å². The number of rotatable bonds is 6. The maximum absolute atomic E-state index is 5.36. The number of benzene rings is 1. The first-order valence-corrected chi connectivity index (χ1v) is 9.10. The Labute approximate surface area is 151 Å². The van der Waals surface area contributed by atoms with Gasteiger partial charge in [-0.05, 0) is 36.8 Å². The average molecular weight is 400 g/mol. The summed E-state index contributed by atoms with van der Waals surface area (Å²) < 4.78 is 6.41. The zero-order valence-corrected chi connectivity index (χ0v) is 15.8. The summed E-state index contributed by atoms with van der Waals surface area (Å²) in [6.07, 6.45) is 1.09. The first-order valence-electron chi connectivity index (χ1n) is 7.90. The fraction of sp³-hybridized carbons (Fsp3) is 0.500. The standard InChI is InChI=1S/C16H23BrN4OS/c1-13(14-3-5-15(17)6-4-14)19-20-16(23)18-7-2-8-21-9-11-22-12-10-21/h3-6H,2,7-12H2,1H3,(H2,18,20,23)/p+1/b19-13-. The maximum atomic E-state index is 5.36. The number of halogens is 1. The monoisotopic (exact) mass is 399 g/mol. The Bertz CT molecular complexity index is 529. The van der Waals surface area contributed by atoms with Gasteiger partial charge in [-0.1, -0.05) is 28.1 Å². The molecule has 1 heterocycles. The SMILES string of the molecule is C/C(=N/NC(=S)NCCC[NH+]1CCOCC1)c1ccc(Br)cc1. The van der Waals surface area contributed by atoms with Crippen LogP contribution in [0.2, 0.25) is 0 Å². The highest BCUT2D eigenvalue weighted by atomic mass is 79.9. The smallest absolute Gasteiger partial charge is 0.186 e. The first-order chi connectivity index (χ1) is 11.1. The number of hydrogen-bond acceptors (Lipinski definition) is 3. The van der Waals surface area contributed by atoms with Crippen LogP contribution in [-0.4, -0.2) is 50.2 Å². The van der Waals surface area contributed by atoms with Gasteiger partial charge in [-0.3, -0.25) is 5.43 Å². The molecule has 0 radical (unpaired) electrons. The second-order valence-electron chi connectivity index (χ2n) is 5.54. The Morgan fingerprint density at radius 1 is 1.30 bits per heavy atom. The summed E-state index contributed by atoms with van der Waals surface area (Å²) in [6, 6.07) is 8.04. The van der Waals surface area contributed by atoms with E-state index in [-0.39, 0.29) is 0 Å². The molecule has 5 nitrogen and oxygen atoms in total. The topological polar surface area (TPSA) is 50.1 Å². The van der Waals surface area contributed by atoms with E-state index in [4.69, 9.17) is 17.0 Å². The Balaban J connectivity index is 1.64. The molecular weight excluding hydrogens is 376 g/mol. The van der Waals surface area contributed by atoms with Crippen LogP contribution in [0.4, 0.5) is 0 Å². The van der Waals surface area contributed by atoms with Gasteiger partial charge in [0.1, 0.15) is 13.1 Å². The number of ether oxygens (including phenoxy) is 1. The van der Waals surface area contributed by atoms with Gasteiger partial charge in [-0.2, -0.15) is 5.10 Å². The summed E-state index contributed by atoms with van der Waals surface area (Å²) in [6.45, 7) is 7.96. The van der Waals surface area contributed by atoms with Crippen LogP contribution < -0.4 is 15.6 Å². The van der Waals surface area contributed by atoms with Crippen molar-refractivity contribution in [2.24, 2.45) is 5.10 Å². The largest absolute Gasteiger partial charge is 0.370 e. The quantitative estimate of drug-likeness (QED) is 0.288. The molecule has 1 aromatic carbocycles. The van der Waals surface area contributed by atoms with Crippen molar-refractivity contribution in [2.75, 3.05) is 39.4 Å². The minimum atomic E-state index is 0.568. The molecule has 2 rings (SSSR count). The van der Waals surface area contributed by atoms with E-state index in [1.807, 2.05) is 31.2 Å². The summed E-state index contributed by atoms with van der Waals surface area (Å²) in [5, 5.41) is 8.09. The molecule has 0 aromatic heterocycles. The van der Waals surface area contributed by atoms with E-state index < -0.39 is 0 Å². The minimum absolute atomic E-state index is 0.568. The molecule has 0 bridgehead atoms. The minimum Gasteiger partial charge on any atom is -0.370 e. The van der Waals surface area contributed by atoms with Crippen LogP contribution in [-0.2, 0) is 4.74 Å². The van der Waals surface area contributed by atoms with Gasteiger partial charge in [-0.15, -0.1) is 0 Å². The molecule has 0 spiro atoms. The van der Waals surface area contributed by atoms with Crippen molar-refractivity contribution in [3.8, 4) is 0 Å². The number of nitrogens with zero attached hydrogens (tertiary/aromatic N) is 1. The van der Waals surface area contributed by atoms with E-state index in [0.29, 0.717) is 5.11 Å². The van der Waals surface area contributed by atoms with Crippen LogP contribution in [0.3, 0.4) is 0 Å². The van der Waals surface area contributed by atoms with E-state index in [9.17, 15) is 0 Å². The van der Waals surface area contributed by atoms with Gasteiger partial charge in [0.15, 0.2) is 5.11 Å². The first kappa shape index (κ1) is 18.3. The molecule has 23 heavy (non-hydrogen) atoms. The van der Waals surface area contributed by atoms with Gasteiger partial charge in [0, 0.05) is 17.4 Å². The normalized spacial score (nSPS) is 16.2. The fourth-order valence-corrected chi connectivity index (χ4v) is 2.79. The predicted octanol–water partition coefficient (Wildman–Crippen LogP) is 0.942. The Kier molecular flexibility index (Phi) is 7.94. The Morgan fingerprint density at radius 3 is 2.70 bits per heavy atom. The molecule has 0 saturated carbocycles. The molecule has 0 amide bonds. The average Bonchev–Trinajstić information content (AvgIpc) is 2.58. The molecule has 0 aliphatic carbocycles. The van der Waals surface area contributed by atoms with Crippen molar-refractivity contribution in [1.82, 2.24) is 10.7 Å². The molecule has 0 atom stereocenters. The van der Waals surface area contributed by atoms with Crippen molar-refractivity contribution >= 4 is 39.0 Å². The molecular formula is C16H24BrN4OS+. The van der Waals surface area contributed by atoms with Gasteiger partial charge < -0.3 is 15.0 Å². The van der Waals surface area contributed by atoms with E-state index in [2.05, 4.69) is 31.8 Å². The molecule has 1 aliphatic rings. The number of hydrogen-bond donors (Lipinski definition) is 3. The second kappa shape index (κ2) is 9.97. The number of quaternary nitrogens is 1. The lowest BCUT2D eigenvalue weighted by atomic mass is 10.1. The highest BCUT2D eigenvalue weighted by Gasteiger charge is 2.12. The van der Waals surface area contributed by atoms with Gasteiger partial charge >= 0.3 is 0 Å². The van der Waals surface area contributed by atoms with Crippen LogP contribution >= 0.6 is 28.1 Å². The zero-order valence-electron chi connectivity index (χ0n) is 13.4. The molecule has 1 aromatic rings. The molecule has 0 unspecified atom stereocenters. The third-order valence-corrected chi connectivity index (χ3v) is 4.54. The van der Waals surface area contributed by atoms with E-state index in [1.165, 1.54) is 0 Å². The van der Waals surface area contributed by atoms with Crippen molar-refractivity contribution in [3.63, 3.8) is 0 Å². The summed E-state index contributed by atoms with van der Waals surface area (Å²) in [5.74, 6) is 0. The van der Waals surface area contributed by atoms with Crippen molar-refractivity contribution in [2.45, 2.75) is 13.3 Å². The van der Waals surface area contributed by atoms with Gasteiger partial charge in [0.05, 0.1) is 25.5 Å². The maximum Gasteiger partial charge on any atom is 0.186 e. The number of nitrogens with one attached hydrogen (secondary N) is 3. The summed E-state index contributed by atoms with van der Waals surface area (Å²) in [5.41, 5.74) is 4.87. The lowest BCUT2D eigenvalue weighted by Crippen LogP contribution is -3.14. The van der Waals surface area contributed by atoms with Crippen LogP contribution in [0.25, 0.3) is 0 Å². The highest BCUT2D eigenvalue weighted by molar-refractivity contribution is 9.10.